The fourth-order valence-electron chi connectivity index (χ4n) is 3.03. The van der Waals surface area contributed by atoms with Gasteiger partial charge in [-0.2, -0.15) is 0 Å². The van der Waals surface area contributed by atoms with Gasteiger partial charge in [-0.3, -0.25) is 4.90 Å². The molecule has 3 unspecified atom stereocenters. The van der Waals surface area contributed by atoms with Crippen LogP contribution in [0.4, 0.5) is 0 Å². The predicted octanol–water partition coefficient (Wildman–Crippen LogP) is 0.986. The second kappa shape index (κ2) is 6.92. The van der Waals surface area contributed by atoms with Gasteiger partial charge in [0.15, 0.2) is 0 Å². The molecule has 2 aliphatic rings. The molecular weight excluding hydrogens is 300 g/mol. The normalized spacial score (nSPS) is 34.2. The van der Waals surface area contributed by atoms with Crippen LogP contribution in [0.2, 0.25) is 0 Å². The van der Waals surface area contributed by atoms with Gasteiger partial charge >= 0.3 is 0 Å². The zero-order valence-corrected chi connectivity index (χ0v) is 13.9. The Bertz CT molecular complexity index is 418. The lowest BCUT2D eigenvalue weighted by Crippen LogP contribution is -2.52. The van der Waals surface area contributed by atoms with Crippen molar-refractivity contribution in [3.8, 4) is 0 Å². The minimum absolute atomic E-state index is 0.0995. The number of hydrogen-bond donors (Lipinski definition) is 0. The molecule has 0 amide bonds. The monoisotopic (exact) mass is 324 g/mol. The Morgan fingerprint density at radius 3 is 2.75 bits per heavy atom. The molecule has 5 nitrogen and oxygen atoms in total. The van der Waals surface area contributed by atoms with Crippen molar-refractivity contribution in [2.45, 2.75) is 31.9 Å². The van der Waals surface area contributed by atoms with E-state index in [-0.39, 0.29) is 6.10 Å². The topological polar surface area (TPSA) is 49.9 Å². The Kier molecular flexibility index (Phi) is 5.71. The van der Waals surface area contributed by atoms with Crippen LogP contribution in [0, 0.1) is 5.92 Å². The Labute approximate surface area is 127 Å². The van der Waals surface area contributed by atoms with Crippen LogP contribution in [0.5, 0.6) is 0 Å². The number of hydrogen-bond acceptors (Lipinski definition) is 4. The summed E-state index contributed by atoms with van der Waals surface area (Å²) in [5.41, 5.74) is 0. The van der Waals surface area contributed by atoms with Crippen LogP contribution < -0.4 is 0 Å². The maximum absolute atomic E-state index is 11.7. The van der Waals surface area contributed by atoms with E-state index in [1.165, 1.54) is 6.26 Å². The van der Waals surface area contributed by atoms with E-state index >= 15 is 0 Å². The number of nitrogens with zero attached hydrogens (tertiary/aromatic N) is 2. The van der Waals surface area contributed by atoms with Gasteiger partial charge in [0.25, 0.3) is 0 Å². The van der Waals surface area contributed by atoms with E-state index in [9.17, 15) is 8.42 Å². The molecule has 0 bridgehead atoms. The number of alkyl halides is 1. The quantitative estimate of drug-likeness (QED) is 0.724. The molecule has 0 aromatic heterocycles. The first-order chi connectivity index (χ1) is 9.40. The van der Waals surface area contributed by atoms with Crippen LogP contribution in [-0.2, 0) is 14.8 Å². The Morgan fingerprint density at radius 2 is 2.10 bits per heavy atom. The highest BCUT2D eigenvalue weighted by atomic mass is 35.5. The summed E-state index contributed by atoms with van der Waals surface area (Å²) < 4.78 is 30.6. The second-order valence-electron chi connectivity index (χ2n) is 6.04. The van der Waals surface area contributed by atoms with Crippen LogP contribution in [-0.4, -0.2) is 74.7 Å². The highest BCUT2D eigenvalue weighted by Gasteiger charge is 2.31. The standard InChI is InChI=1S/C13H25ClN2O3S/c1-11-10-19-13(6-14)9-15(11)7-12-4-3-5-16(8-12)20(2,17)18/h11-13H,3-10H2,1-2H3. The summed E-state index contributed by atoms with van der Waals surface area (Å²) in [5, 5.41) is 0. The van der Waals surface area contributed by atoms with Gasteiger partial charge in [-0.1, -0.05) is 0 Å². The lowest BCUT2D eigenvalue weighted by molar-refractivity contribution is -0.0545. The van der Waals surface area contributed by atoms with Crippen LogP contribution in [0.15, 0.2) is 0 Å². The van der Waals surface area contributed by atoms with Crippen molar-refractivity contribution in [1.82, 2.24) is 9.21 Å². The van der Waals surface area contributed by atoms with Crippen molar-refractivity contribution in [3.63, 3.8) is 0 Å². The largest absolute Gasteiger partial charge is 0.374 e. The van der Waals surface area contributed by atoms with E-state index in [4.69, 9.17) is 16.3 Å². The van der Waals surface area contributed by atoms with Crippen LogP contribution in [0.3, 0.4) is 0 Å². The van der Waals surface area contributed by atoms with E-state index in [2.05, 4.69) is 11.8 Å². The van der Waals surface area contributed by atoms with Crippen molar-refractivity contribution >= 4 is 21.6 Å². The number of rotatable bonds is 4. The molecule has 0 saturated carbocycles. The maximum Gasteiger partial charge on any atom is 0.211 e. The summed E-state index contributed by atoms with van der Waals surface area (Å²) in [7, 11) is -3.06. The predicted molar refractivity (Wildman–Crippen MR) is 80.6 cm³/mol. The number of ether oxygens (including phenoxy) is 1. The van der Waals surface area contributed by atoms with Gasteiger partial charge in [0.2, 0.25) is 10.0 Å². The maximum atomic E-state index is 11.7. The molecule has 0 spiro atoms. The van der Waals surface area contributed by atoms with Gasteiger partial charge in [0, 0.05) is 38.1 Å². The van der Waals surface area contributed by atoms with Crippen LogP contribution in [0.1, 0.15) is 19.8 Å². The zero-order chi connectivity index (χ0) is 14.8. The first-order valence-electron chi connectivity index (χ1n) is 7.27. The van der Waals surface area contributed by atoms with Crippen LogP contribution in [0.25, 0.3) is 0 Å². The van der Waals surface area contributed by atoms with E-state index in [0.29, 0.717) is 37.5 Å². The molecule has 0 N–H and O–H groups in total. The summed E-state index contributed by atoms with van der Waals surface area (Å²) in [5.74, 6) is 0.929. The summed E-state index contributed by atoms with van der Waals surface area (Å²) in [6.07, 6.45) is 3.45. The Morgan fingerprint density at radius 1 is 1.35 bits per heavy atom. The molecule has 7 heteroatoms. The Hall–Kier alpha value is 0.120. The fraction of sp³-hybridized carbons (Fsp3) is 1.00. The van der Waals surface area contributed by atoms with Crippen molar-refractivity contribution in [2.24, 2.45) is 5.92 Å². The fourth-order valence-corrected chi connectivity index (χ4v) is 4.16. The van der Waals surface area contributed by atoms with E-state index in [0.717, 1.165) is 25.9 Å². The highest BCUT2D eigenvalue weighted by molar-refractivity contribution is 7.88. The summed E-state index contributed by atoms with van der Waals surface area (Å²) in [4.78, 5) is 2.40. The Balaban J connectivity index is 1.91. The molecule has 2 saturated heterocycles. The third-order valence-electron chi connectivity index (χ3n) is 4.25. The molecule has 2 fully saturated rings. The van der Waals surface area contributed by atoms with Gasteiger partial charge in [-0.05, 0) is 25.7 Å². The molecule has 118 valence electrons. The number of sulfonamides is 1. The third-order valence-corrected chi connectivity index (χ3v) is 5.86. The van der Waals surface area contributed by atoms with Crippen LogP contribution >= 0.6 is 11.6 Å². The molecule has 3 atom stereocenters. The van der Waals surface area contributed by atoms with E-state index < -0.39 is 10.0 Å². The molecule has 0 radical (unpaired) electrons. The van der Waals surface area contributed by atoms with E-state index in [1.54, 1.807) is 4.31 Å². The van der Waals surface area contributed by atoms with E-state index in [1.807, 2.05) is 0 Å². The summed E-state index contributed by atoms with van der Waals surface area (Å²) >= 11 is 5.88. The van der Waals surface area contributed by atoms with Gasteiger partial charge in [0.05, 0.1) is 19.0 Å². The van der Waals surface area contributed by atoms with Gasteiger partial charge in [-0.25, -0.2) is 12.7 Å². The average molecular weight is 325 g/mol. The summed E-state index contributed by atoms with van der Waals surface area (Å²) in [6, 6.07) is 0.378. The lowest BCUT2D eigenvalue weighted by Gasteiger charge is -2.41. The smallest absolute Gasteiger partial charge is 0.211 e. The van der Waals surface area contributed by atoms with Gasteiger partial charge < -0.3 is 4.74 Å². The molecule has 0 aromatic carbocycles. The third kappa shape index (κ3) is 4.31. The van der Waals surface area contributed by atoms with Crippen molar-refractivity contribution < 1.29 is 13.2 Å². The molecule has 0 aromatic rings. The number of halogens is 1. The molecule has 0 aliphatic carbocycles. The first kappa shape index (κ1) is 16.5. The minimum atomic E-state index is -3.06. The zero-order valence-electron chi connectivity index (χ0n) is 12.3. The second-order valence-corrected chi connectivity index (χ2v) is 8.33. The highest BCUT2D eigenvalue weighted by Crippen LogP contribution is 2.22. The average Bonchev–Trinajstić information content (AvgIpc) is 2.41. The molecule has 2 rings (SSSR count). The summed E-state index contributed by atoms with van der Waals surface area (Å²) in [6.45, 7) is 5.96. The SMILES string of the molecule is CC1COC(CCl)CN1CC1CCCN(S(C)(=O)=O)C1. The molecular formula is C13H25ClN2O3S. The number of morpholine rings is 1. The first-order valence-corrected chi connectivity index (χ1v) is 9.65. The molecule has 2 aliphatic heterocycles. The molecule has 2 heterocycles. The van der Waals surface area contributed by atoms with Crippen molar-refractivity contribution in [3.05, 3.63) is 0 Å². The van der Waals surface area contributed by atoms with Gasteiger partial charge in [-0.15, -0.1) is 11.6 Å². The number of piperidine rings is 1. The minimum Gasteiger partial charge on any atom is -0.374 e. The van der Waals surface area contributed by atoms with Gasteiger partial charge in [0.1, 0.15) is 0 Å². The van der Waals surface area contributed by atoms with Crippen molar-refractivity contribution in [1.29, 1.82) is 0 Å². The molecule has 20 heavy (non-hydrogen) atoms. The lowest BCUT2D eigenvalue weighted by atomic mass is 9.98. The van der Waals surface area contributed by atoms with Crippen molar-refractivity contribution in [2.75, 3.05) is 44.9 Å².